The van der Waals surface area contributed by atoms with Crippen molar-refractivity contribution in [2.75, 3.05) is 0 Å². The number of benzene rings is 1. The number of hydrogen-bond donors (Lipinski definition) is 1. The van der Waals surface area contributed by atoms with Crippen molar-refractivity contribution in [3.05, 3.63) is 45.8 Å². The predicted molar refractivity (Wildman–Crippen MR) is 58.0 cm³/mol. The van der Waals surface area contributed by atoms with Crippen molar-refractivity contribution in [3.63, 3.8) is 0 Å². The molecule has 0 heterocycles. The minimum absolute atomic E-state index is 0.145. The Morgan fingerprint density at radius 3 is 2.60 bits per heavy atom. The second-order valence-electron chi connectivity index (χ2n) is 3.67. The van der Waals surface area contributed by atoms with E-state index in [1.807, 2.05) is 0 Å². The molecule has 0 saturated heterocycles. The third kappa shape index (κ3) is 2.28. The lowest BCUT2D eigenvalue weighted by molar-refractivity contribution is 0.0697. The van der Waals surface area contributed by atoms with Crippen molar-refractivity contribution in [2.45, 2.75) is 19.4 Å². The number of aromatic carboxylic acids is 1. The number of hydrogen-bond acceptors (Lipinski definition) is 1. The van der Waals surface area contributed by atoms with Crippen LogP contribution < -0.4 is 0 Å². The number of nitrogens with zero attached hydrogens (tertiary/aromatic N) is 1. The van der Waals surface area contributed by atoms with Gasteiger partial charge in [-0.15, -0.1) is 0 Å². The minimum Gasteiger partial charge on any atom is -0.478 e. The molecule has 1 rings (SSSR count). The first-order chi connectivity index (χ1) is 6.88. The van der Waals surface area contributed by atoms with Crippen LogP contribution in [0, 0.1) is 6.57 Å². The maximum atomic E-state index is 10.8. The lowest BCUT2D eigenvalue weighted by atomic mass is 9.93. The van der Waals surface area contributed by atoms with Crippen LogP contribution in [0.15, 0.2) is 18.2 Å². The van der Waals surface area contributed by atoms with Gasteiger partial charge >= 0.3 is 5.97 Å². The molecule has 0 radical (unpaired) electrons. The van der Waals surface area contributed by atoms with Crippen molar-refractivity contribution < 1.29 is 9.90 Å². The standard InChI is InChI=1S/C11H10ClNO2/c1-11(2,13-3)8-6-7(10(14)15)4-5-9(8)12/h4-6H,1-2H3,(H,14,15). The van der Waals surface area contributed by atoms with Crippen LogP contribution in [0.5, 0.6) is 0 Å². The van der Waals surface area contributed by atoms with Gasteiger partial charge in [0.05, 0.1) is 16.1 Å². The van der Waals surface area contributed by atoms with E-state index in [0.717, 1.165) is 0 Å². The summed E-state index contributed by atoms with van der Waals surface area (Å²) in [6, 6.07) is 4.38. The zero-order valence-electron chi connectivity index (χ0n) is 8.41. The van der Waals surface area contributed by atoms with Crippen LogP contribution in [-0.2, 0) is 5.54 Å². The molecule has 1 N–H and O–H groups in total. The number of rotatable bonds is 2. The molecule has 15 heavy (non-hydrogen) atoms. The normalized spacial score (nSPS) is 10.8. The van der Waals surface area contributed by atoms with E-state index in [9.17, 15) is 4.79 Å². The van der Waals surface area contributed by atoms with Gasteiger partial charge in [-0.05, 0) is 18.2 Å². The third-order valence-corrected chi connectivity index (χ3v) is 2.48. The smallest absolute Gasteiger partial charge is 0.335 e. The molecule has 0 saturated carbocycles. The SMILES string of the molecule is [C-]#[N+]C(C)(C)c1cc(C(=O)O)ccc1Cl. The van der Waals surface area contributed by atoms with Gasteiger partial charge in [-0.3, -0.25) is 0 Å². The van der Waals surface area contributed by atoms with Crippen LogP contribution in [0.4, 0.5) is 0 Å². The first-order valence-corrected chi connectivity index (χ1v) is 4.68. The Hall–Kier alpha value is -1.53. The molecule has 0 fully saturated rings. The Kier molecular flexibility index (Phi) is 3.01. The largest absolute Gasteiger partial charge is 0.478 e. The second-order valence-corrected chi connectivity index (χ2v) is 4.08. The molecule has 0 bridgehead atoms. The van der Waals surface area contributed by atoms with Gasteiger partial charge in [0.25, 0.3) is 5.54 Å². The quantitative estimate of drug-likeness (QED) is 0.783. The summed E-state index contributed by atoms with van der Waals surface area (Å²) < 4.78 is 0. The fourth-order valence-corrected chi connectivity index (χ4v) is 1.54. The Labute approximate surface area is 93.1 Å². The first-order valence-electron chi connectivity index (χ1n) is 4.30. The van der Waals surface area contributed by atoms with E-state index >= 15 is 0 Å². The van der Waals surface area contributed by atoms with Crippen LogP contribution in [0.3, 0.4) is 0 Å². The molecule has 0 unspecified atom stereocenters. The van der Waals surface area contributed by atoms with E-state index < -0.39 is 11.5 Å². The summed E-state index contributed by atoms with van der Waals surface area (Å²) in [6.45, 7) is 10.4. The first kappa shape index (κ1) is 11.5. The summed E-state index contributed by atoms with van der Waals surface area (Å²) in [5, 5.41) is 9.24. The summed E-state index contributed by atoms with van der Waals surface area (Å²) in [6.07, 6.45) is 0. The summed E-state index contributed by atoms with van der Waals surface area (Å²) in [7, 11) is 0. The van der Waals surface area contributed by atoms with Gasteiger partial charge in [-0.2, -0.15) is 0 Å². The highest BCUT2D eigenvalue weighted by atomic mass is 35.5. The van der Waals surface area contributed by atoms with Crippen molar-refractivity contribution in [1.82, 2.24) is 0 Å². The fourth-order valence-electron chi connectivity index (χ4n) is 1.19. The predicted octanol–water partition coefficient (Wildman–Crippen LogP) is 3.19. The Balaban J connectivity index is 3.36. The molecular formula is C11H10ClNO2. The zero-order valence-corrected chi connectivity index (χ0v) is 9.17. The lowest BCUT2D eigenvalue weighted by Crippen LogP contribution is -2.13. The molecule has 0 spiro atoms. The topological polar surface area (TPSA) is 41.7 Å². The molecule has 0 aliphatic carbocycles. The summed E-state index contributed by atoms with van der Waals surface area (Å²) in [4.78, 5) is 14.2. The van der Waals surface area contributed by atoms with E-state index in [4.69, 9.17) is 23.3 Å². The molecule has 78 valence electrons. The number of halogens is 1. The average molecular weight is 224 g/mol. The molecular weight excluding hydrogens is 214 g/mol. The van der Waals surface area contributed by atoms with Gasteiger partial charge in [0.15, 0.2) is 0 Å². The van der Waals surface area contributed by atoms with Gasteiger partial charge < -0.3 is 9.95 Å². The highest BCUT2D eigenvalue weighted by molar-refractivity contribution is 6.31. The van der Waals surface area contributed by atoms with Crippen LogP contribution in [0.25, 0.3) is 4.85 Å². The monoisotopic (exact) mass is 223 g/mol. The van der Waals surface area contributed by atoms with Crippen LogP contribution >= 0.6 is 11.6 Å². The van der Waals surface area contributed by atoms with Gasteiger partial charge in [0.1, 0.15) is 0 Å². The molecule has 1 aromatic rings. The lowest BCUT2D eigenvalue weighted by Gasteiger charge is -2.13. The maximum Gasteiger partial charge on any atom is 0.335 e. The Bertz CT molecular complexity index is 446. The van der Waals surface area contributed by atoms with Gasteiger partial charge in [-0.1, -0.05) is 11.6 Å². The van der Waals surface area contributed by atoms with Crippen LogP contribution in [0.2, 0.25) is 5.02 Å². The fraction of sp³-hybridized carbons (Fsp3) is 0.273. The van der Waals surface area contributed by atoms with Crippen molar-refractivity contribution >= 4 is 17.6 Å². The van der Waals surface area contributed by atoms with E-state index in [-0.39, 0.29) is 5.56 Å². The van der Waals surface area contributed by atoms with E-state index in [2.05, 4.69) is 4.85 Å². The highest BCUT2D eigenvalue weighted by Gasteiger charge is 2.29. The summed E-state index contributed by atoms with van der Waals surface area (Å²) in [5.41, 5.74) is -0.118. The van der Waals surface area contributed by atoms with Crippen molar-refractivity contribution in [3.8, 4) is 0 Å². The summed E-state index contributed by atoms with van der Waals surface area (Å²) in [5.74, 6) is -1.02. The number of carbonyl (C=O) groups is 1. The van der Waals surface area contributed by atoms with E-state index in [0.29, 0.717) is 10.6 Å². The van der Waals surface area contributed by atoms with E-state index in [1.165, 1.54) is 18.2 Å². The molecule has 0 amide bonds. The number of carboxylic acids is 1. The van der Waals surface area contributed by atoms with Crippen LogP contribution in [-0.4, -0.2) is 11.1 Å². The second kappa shape index (κ2) is 3.92. The van der Waals surface area contributed by atoms with Gasteiger partial charge in [0, 0.05) is 13.8 Å². The van der Waals surface area contributed by atoms with Gasteiger partial charge in [0.2, 0.25) is 0 Å². The Morgan fingerprint density at radius 2 is 2.13 bits per heavy atom. The van der Waals surface area contributed by atoms with Gasteiger partial charge in [-0.25, -0.2) is 11.4 Å². The van der Waals surface area contributed by atoms with Crippen molar-refractivity contribution in [1.29, 1.82) is 0 Å². The number of carboxylic acid groups (broad SMARTS) is 1. The maximum absolute atomic E-state index is 10.8. The molecule has 0 aliphatic heterocycles. The third-order valence-electron chi connectivity index (χ3n) is 2.15. The minimum atomic E-state index is -1.02. The molecule has 3 nitrogen and oxygen atoms in total. The highest BCUT2D eigenvalue weighted by Crippen LogP contribution is 2.31. The van der Waals surface area contributed by atoms with Crippen LogP contribution in [0.1, 0.15) is 29.8 Å². The average Bonchev–Trinajstić information content (AvgIpc) is 2.17. The molecule has 4 heteroatoms. The Morgan fingerprint density at radius 1 is 1.53 bits per heavy atom. The summed E-state index contributed by atoms with van der Waals surface area (Å²) >= 11 is 5.93. The molecule has 0 aliphatic rings. The van der Waals surface area contributed by atoms with Crippen molar-refractivity contribution in [2.24, 2.45) is 0 Å². The molecule has 0 atom stereocenters. The zero-order chi connectivity index (χ0) is 11.6. The molecule has 0 aromatic heterocycles. The molecule has 1 aromatic carbocycles. The van der Waals surface area contributed by atoms with E-state index in [1.54, 1.807) is 13.8 Å².